The van der Waals surface area contributed by atoms with Crippen LogP contribution in [0.2, 0.25) is 0 Å². The lowest BCUT2D eigenvalue weighted by atomic mass is 10.2. The summed E-state index contributed by atoms with van der Waals surface area (Å²) in [6.07, 6.45) is 0. The molecule has 4 N–H and O–H groups in total. The highest BCUT2D eigenvalue weighted by Gasteiger charge is 2.08. The van der Waals surface area contributed by atoms with Crippen LogP contribution in [0.5, 0.6) is 11.5 Å². The highest BCUT2D eigenvalue weighted by molar-refractivity contribution is 5.91. The van der Waals surface area contributed by atoms with Gasteiger partial charge in [0.2, 0.25) is 0 Å². The Morgan fingerprint density at radius 1 is 1.27 bits per heavy atom. The third-order valence-electron chi connectivity index (χ3n) is 1.99. The lowest BCUT2D eigenvalue weighted by molar-refractivity contribution is 0.393. The molecular formula is C10H15N3O2. The monoisotopic (exact) mass is 209 g/mol. The van der Waals surface area contributed by atoms with Crippen molar-refractivity contribution in [2.45, 2.75) is 6.92 Å². The van der Waals surface area contributed by atoms with Crippen LogP contribution >= 0.6 is 0 Å². The van der Waals surface area contributed by atoms with Crippen LogP contribution in [0.25, 0.3) is 0 Å². The van der Waals surface area contributed by atoms with Gasteiger partial charge in [-0.1, -0.05) is 0 Å². The molecular weight excluding hydrogens is 194 g/mol. The smallest absolute Gasteiger partial charge is 0.190 e. The molecule has 0 fully saturated rings. The Labute approximate surface area is 88.7 Å². The SMILES string of the molecule is COc1cc(OC)c(NC(=N)N)cc1C. The summed E-state index contributed by atoms with van der Waals surface area (Å²) in [6.45, 7) is 1.91. The van der Waals surface area contributed by atoms with Gasteiger partial charge in [-0.05, 0) is 18.6 Å². The van der Waals surface area contributed by atoms with E-state index in [1.165, 1.54) is 0 Å². The summed E-state index contributed by atoms with van der Waals surface area (Å²) < 4.78 is 10.3. The number of methoxy groups -OCH3 is 2. The molecule has 1 aromatic rings. The van der Waals surface area contributed by atoms with Gasteiger partial charge in [0.1, 0.15) is 11.5 Å². The molecule has 1 rings (SSSR count). The van der Waals surface area contributed by atoms with Gasteiger partial charge < -0.3 is 20.5 Å². The van der Waals surface area contributed by atoms with Crippen molar-refractivity contribution in [2.24, 2.45) is 5.73 Å². The van der Waals surface area contributed by atoms with E-state index in [-0.39, 0.29) is 5.96 Å². The first-order valence-electron chi connectivity index (χ1n) is 4.42. The summed E-state index contributed by atoms with van der Waals surface area (Å²) in [7, 11) is 3.15. The number of hydrogen-bond donors (Lipinski definition) is 3. The number of ether oxygens (including phenoxy) is 2. The van der Waals surface area contributed by atoms with Crippen molar-refractivity contribution in [3.63, 3.8) is 0 Å². The fraction of sp³-hybridized carbons (Fsp3) is 0.300. The lowest BCUT2D eigenvalue weighted by Crippen LogP contribution is -2.20. The van der Waals surface area contributed by atoms with Crippen LogP contribution in [0.3, 0.4) is 0 Å². The molecule has 0 radical (unpaired) electrons. The van der Waals surface area contributed by atoms with Gasteiger partial charge in [-0.3, -0.25) is 5.41 Å². The van der Waals surface area contributed by atoms with Crippen LogP contribution in [-0.2, 0) is 0 Å². The Balaban J connectivity index is 3.15. The maximum Gasteiger partial charge on any atom is 0.190 e. The maximum atomic E-state index is 7.15. The maximum absolute atomic E-state index is 7.15. The van der Waals surface area contributed by atoms with Crippen LogP contribution in [0, 0.1) is 12.3 Å². The zero-order valence-corrected chi connectivity index (χ0v) is 9.05. The molecule has 0 spiro atoms. The van der Waals surface area contributed by atoms with E-state index in [1.54, 1.807) is 20.3 Å². The third kappa shape index (κ3) is 2.52. The number of nitrogens with two attached hydrogens (primary N) is 1. The fourth-order valence-corrected chi connectivity index (χ4v) is 1.30. The van der Waals surface area contributed by atoms with Gasteiger partial charge in [0.05, 0.1) is 19.9 Å². The molecule has 0 saturated heterocycles. The second-order valence-electron chi connectivity index (χ2n) is 3.06. The lowest BCUT2D eigenvalue weighted by Gasteiger charge is -2.13. The standard InChI is InChI=1S/C10H15N3O2/c1-6-4-7(13-10(11)12)9(15-3)5-8(6)14-2/h4-5H,1-3H3,(H4,11,12,13). The van der Waals surface area contributed by atoms with Gasteiger partial charge in [-0.15, -0.1) is 0 Å². The number of nitrogens with one attached hydrogen (secondary N) is 2. The average Bonchev–Trinajstić information content (AvgIpc) is 2.17. The molecule has 0 atom stereocenters. The van der Waals surface area contributed by atoms with E-state index in [0.717, 1.165) is 11.3 Å². The second kappa shape index (κ2) is 4.54. The fourth-order valence-electron chi connectivity index (χ4n) is 1.30. The van der Waals surface area contributed by atoms with Crippen molar-refractivity contribution in [2.75, 3.05) is 19.5 Å². The normalized spacial score (nSPS) is 9.53. The molecule has 0 aliphatic carbocycles. The molecule has 1 aromatic carbocycles. The first kappa shape index (κ1) is 11.2. The number of aryl methyl sites for hydroxylation is 1. The van der Waals surface area contributed by atoms with E-state index in [4.69, 9.17) is 20.6 Å². The molecule has 0 aliphatic rings. The predicted octanol–water partition coefficient (Wildman–Crippen LogP) is 1.32. The Bertz CT molecular complexity index is 377. The first-order valence-corrected chi connectivity index (χ1v) is 4.42. The summed E-state index contributed by atoms with van der Waals surface area (Å²) in [5.74, 6) is 1.20. The van der Waals surface area contributed by atoms with E-state index in [9.17, 15) is 0 Å². The van der Waals surface area contributed by atoms with E-state index < -0.39 is 0 Å². The molecule has 0 bridgehead atoms. The molecule has 5 heteroatoms. The number of anilines is 1. The van der Waals surface area contributed by atoms with Crippen molar-refractivity contribution in [1.29, 1.82) is 5.41 Å². The van der Waals surface area contributed by atoms with Gasteiger partial charge >= 0.3 is 0 Å². The van der Waals surface area contributed by atoms with Crippen molar-refractivity contribution in [3.8, 4) is 11.5 Å². The predicted molar refractivity (Wildman–Crippen MR) is 59.8 cm³/mol. The number of hydrogen-bond acceptors (Lipinski definition) is 3. The quantitative estimate of drug-likeness (QED) is 0.518. The van der Waals surface area contributed by atoms with Crippen molar-refractivity contribution in [3.05, 3.63) is 17.7 Å². The zero-order chi connectivity index (χ0) is 11.4. The van der Waals surface area contributed by atoms with Gasteiger partial charge in [-0.25, -0.2) is 0 Å². The summed E-state index contributed by atoms with van der Waals surface area (Å²) >= 11 is 0. The highest BCUT2D eigenvalue weighted by atomic mass is 16.5. The van der Waals surface area contributed by atoms with Crippen LogP contribution < -0.4 is 20.5 Å². The topological polar surface area (TPSA) is 80.4 Å². The van der Waals surface area contributed by atoms with E-state index in [1.807, 2.05) is 13.0 Å². The minimum Gasteiger partial charge on any atom is -0.496 e. The van der Waals surface area contributed by atoms with Gasteiger partial charge in [0.15, 0.2) is 5.96 Å². The molecule has 0 saturated carbocycles. The molecule has 0 heterocycles. The van der Waals surface area contributed by atoms with Gasteiger partial charge in [0, 0.05) is 6.07 Å². The van der Waals surface area contributed by atoms with Gasteiger partial charge in [0.25, 0.3) is 0 Å². The number of guanidine groups is 1. The Morgan fingerprint density at radius 3 is 2.33 bits per heavy atom. The zero-order valence-electron chi connectivity index (χ0n) is 9.05. The van der Waals surface area contributed by atoms with Crippen LogP contribution in [0.4, 0.5) is 5.69 Å². The second-order valence-corrected chi connectivity index (χ2v) is 3.06. The van der Waals surface area contributed by atoms with E-state index in [2.05, 4.69) is 5.32 Å². The largest absolute Gasteiger partial charge is 0.496 e. The third-order valence-corrected chi connectivity index (χ3v) is 1.99. The molecule has 0 aliphatic heterocycles. The molecule has 0 aromatic heterocycles. The molecule has 0 amide bonds. The minimum absolute atomic E-state index is 0.127. The Hall–Kier alpha value is -1.91. The van der Waals surface area contributed by atoms with Crippen LogP contribution in [-0.4, -0.2) is 20.2 Å². The first-order chi connectivity index (χ1) is 7.08. The van der Waals surface area contributed by atoms with E-state index >= 15 is 0 Å². The average molecular weight is 209 g/mol. The van der Waals surface area contributed by atoms with E-state index in [0.29, 0.717) is 11.4 Å². The van der Waals surface area contributed by atoms with Gasteiger partial charge in [-0.2, -0.15) is 0 Å². The molecule has 82 valence electrons. The minimum atomic E-state index is -0.127. The van der Waals surface area contributed by atoms with Crippen molar-refractivity contribution >= 4 is 11.6 Å². The summed E-state index contributed by atoms with van der Waals surface area (Å²) in [6, 6.07) is 3.57. The Morgan fingerprint density at radius 2 is 1.87 bits per heavy atom. The number of benzene rings is 1. The van der Waals surface area contributed by atoms with Crippen molar-refractivity contribution < 1.29 is 9.47 Å². The van der Waals surface area contributed by atoms with Crippen LogP contribution in [0.15, 0.2) is 12.1 Å². The molecule has 5 nitrogen and oxygen atoms in total. The summed E-state index contributed by atoms with van der Waals surface area (Å²) in [5.41, 5.74) is 6.86. The molecule has 15 heavy (non-hydrogen) atoms. The summed E-state index contributed by atoms with van der Waals surface area (Å²) in [5, 5.41) is 9.85. The van der Waals surface area contributed by atoms with Crippen LogP contribution in [0.1, 0.15) is 5.56 Å². The highest BCUT2D eigenvalue weighted by Crippen LogP contribution is 2.32. The molecule has 0 unspecified atom stereocenters. The van der Waals surface area contributed by atoms with Crippen molar-refractivity contribution in [1.82, 2.24) is 0 Å². The number of rotatable bonds is 3. The Kier molecular flexibility index (Phi) is 3.38. The summed E-state index contributed by atoms with van der Waals surface area (Å²) in [4.78, 5) is 0.